The van der Waals surface area contributed by atoms with E-state index in [-0.39, 0.29) is 11.9 Å². The van der Waals surface area contributed by atoms with Crippen LogP contribution in [0.25, 0.3) is 0 Å². The summed E-state index contributed by atoms with van der Waals surface area (Å²) in [5.41, 5.74) is 6.87. The molecule has 3 N–H and O–H groups in total. The first kappa shape index (κ1) is 13.5. The Kier molecular flexibility index (Phi) is 4.35. The van der Waals surface area contributed by atoms with Crippen LogP contribution >= 0.6 is 11.3 Å². The molecule has 100 valence electrons. The van der Waals surface area contributed by atoms with Gasteiger partial charge in [-0.2, -0.15) is 0 Å². The maximum absolute atomic E-state index is 12.0. The number of hydrogen-bond donors (Lipinski definition) is 2. The van der Waals surface area contributed by atoms with Crippen molar-refractivity contribution in [2.45, 2.75) is 51.6 Å². The number of aryl methyl sites for hydroxylation is 1. The molecule has 0 aliphatic heterocycles. The van der Waals surface area contributed by atoms with Crippen molar-refractivity contribution < 1.29 is 4.79 Å². The summed E-state index contributed by atoms with van der Waals surface area (Å²) in [5, 5.41) is 6.13. The van der Waals surface area contributed by atoms with Gasteiger partial charge in [0.1, 0.15) is 5.01 Å². The lowest BCUT2D eigenvalue weighted by Crippen LogP contribution is -2.42. The fourth-order valence-electron chi connectivity index (χ4n) is 2.03. The Morgan fingerprint density at radius 2 is 2.39 bits per heavy atom. The van der Waals surface area contributed by atoms with Crippen LogP contribution in [-0.2, 0) is 4.79 Å². The maximum atomic E-state index is 12.0. The van der Waals surface area contributed by atoms with E-state index in [9.17, 15) is 4.79 Å². The number of nitrogens with two attached hydrogens (primary N) is 1. The van der Waals surface area contributed by atoms with Crippen molar-refractivity contribution in [3.8, 4) is 0 Å². The van der Waals surface area contributed by atoms with Crippen LogP contribution in [0.2, 0.25) is 0 Å². The Morgan fingerprint density at radius 1 is 1.67 bits per heavy atom. The van der Waals surface area contributed by atoms with E-state index in [1.54, 1.807) is 11.3 Å². The van der Waals surface area contributed by atoms with Crippen LogP contribution in [-0.4, -0.2) is 16.9 Å². The smallest absolute Gasteiger partial charge is 0.237 e. The predicted molar refractivity (Wildman–Crippen MR) is 73.3 cm³/mol. The summed E-state index contributed by atoms with van der Waals surface area (Å²) in [6.07, 6.45) is 4.01. The molecule has 18 heavy (non-hydrogen) atoms. The molecule has 1 saturated carbocycles. The van der Waals surface area contributed by atoms with E-state index < -0.39 is 6.04 Å². The molecule has 0 radical (unpaired) electrons. The lowest BCUT2D eigenvalue weighted by Gasteiger charge is -2.18. The van der Waals surface area contributed by atoms with Gasteiger partial charge in [0.2, 0.25) is 5.91 Å². The molecule has 5 heteroatoms. The van der Waals surface area contributed by atoms with Crippen LogP contribution in [0.5, 0.6) is 0 Å². The van der Waals surface area contributed by atoms with Crippen LogP contribution in [0.4, 0.5) is 0 Å². The van der Waals surface area contributed by atoms with Crippen LogP contribution in [0.3, 0.4) is 0 Å². The topological polar surface area (TPSA) is 68.0 Å². The molecule has 0 bridgehead atoms. The SMILES string of the molecule is CCCC(N)C(=O)NC(c1nc(C)cs1)C1CC1. The molecule has 0 saturated heterocycles. The predicted octanol–water partition coefficient (Wildman–Crippen LogP) is 2.15. The highest BCUT2D eigenvalue weighted by Gasteiger charge is 2.35. The quantitative estimate of drug-likeness (QED) is 0.830. The fourth-order valence-corrected chi connectivity index (χ4v) is 2.97. The van der Waals surface area contributed by atoms with E-state index in [2.05, 4.69) is 10.3 Å². The molecule has 0 aromatic carbocycles. The van der Waals surface area contributed by atoms with Crippen molar-refractivity contribution in [3.63, 3.8) is 0 Å². The van der Waals surface area contributed by atoms with E-state index in [1.165, 1.54) is 12.8 Å². The number of thiazole rings is 1. The zero-order chi connectivity index (χ0) is 13.1. The number of aromatic nitrogens is 1. The molecule has 4 nitrogen and oxygen atoms in total. The summed E-state index contributed by atoms with van der Waals surface area (Å²) < 4.78 is 0. The third-order valence-electron chi connectivity index (χ3n) is 3.23. The standard InChI is InChI=1S/C13H21N3OS/c1-3-4-10(14)12(17)16-11(9-5-6-9)13-15-8(2)7-18-13/h7,9-11H,3-6,14H2,1-2H3,(H,16,17). The highest BCUT2D eigenvalue weighted by molar-refractivity contribution is 7.09. The Hall–Kier alpha value is -0.940. The highest BCUT2D eigenvalue weighted by Crippen LogP contribution is 2.41. The van der Waals surface area contributed by atoms with Crippen molar-refractivity contribution >= 4 is 17.2 Å². The lowest BCUT2D eigenvalue weighted by molar-refractivity contribution is -0.123. The summed E-state index contributed by atoms with van der Waals surface area (Å²) in [7, 11) is 0. The van der Waals surface area contributed by atoms with Gasteiger partial charge in [-0.25, -0.2) is 4.98 Å². The Bertz CT molecular complexity index is 414. The zero-order valence-corrected chi connectivity index (χ0v) is 11.8. The molecule has 1 amide bonds. The molecule has 1 aliphatic carbocycles. The first-order valence-electron chi connectivity index (χ1n) is 6.59. The molecule has 1 heterocycles. The third-order valence-corrected chi connectivity index (χ3v) is 4.28. The molecular formula is C13H21N3OS. The normalized spacial score (nSPS) is 18.4. The van der Waals surface area contributed by atoms with Crippen LogP contribution in [0.15, 0.2) is 5.38 Å². The lowest BCUT2D eigenvalue weighted by atomic mass is 10.1. The molecule has 1 aromatic rings. The molecule has 0 spiro atoms. The molecule has 2 unspecified atom stereocenters. The average Bonchev–Trinajstić information content (AvgIpc) is 3.08. The summed E-state index contributed by atoms with van der Waals surface area (Å²) in [5.74, 6) is 0.509. The van der Waals surface area contributed by atoms with Gasteiger partial charge in [-0.3, -0.25) is 4.79 Å². The van der Waals surface area contributed by atoms with Gasteiger partial charge in [0.05, 0.1) is 12.1 Å². The van der Waals surface area contributed by atoms with Gasteiger partial charge in [0, 0.05) is 11.1 Å². The monoisotopic (exact) mass is 267 g/mol. The van der Waals surface area contributed by atoms with Crippen molar-refractivity contribution in [2.24, 2.45) is 11.7 Å². The van der Waals surface area contributed by atoms with Crippen LogP contribution in [0, 0.1) is 12.8 Å². The Labute approximate surface area is 112 Å². The number of hydrogen-bond acceptors (Lipinski definition) is 4. The summed E-state index contributed by atoms with van der Waals surface area (Å²) in [6.45, 7) is 4.02. The number of carbonyl (C=O) groups excluding carboxylic acids is 1. The number of nitrogens with zero attached hydrogens (tertiary/aromatic N) is 1. The second-order valence-electron chi connectivity index (χ2n) is 5.05. The van der Waals surface area contributed by atoms with E-state index in [0.717, 1.165) is 23.5 Å². The molecule has 1 fully saturated rings. The first-order chi connectivity index (χ1) is 8.61. The molecule has 2 rings (SSSR count). The summed E-state index contributed by atoms with van der Waals surface area (Å²) in [4.78, 5) is 16.5. The van der Waals surface area contributed by atoms with Gasteiger partial charge in [0.15, 0.2) is 0 Å². The van der Waals surface area contributed by atoms with Gasteiger partial charge >= 0.3 is 0 Å². The van der Waals surface area contributed by atoms with Crippen molar-refractivity contribution in [3.05, 3.63) is 16.1 Å². The van der Waals surface area contributed by atoms with Crippen LogP contribution in [0.1, 0.15) is 49.4 Å². The minimum absolute atomic E-state index is 0.0402. The number of rotatable bonds is 6. The minimum atomic E-state index is -0.391. The van der Waals surface area contributed by atoms with Gasteiger partial charge in [-0.05, 0) is 32.1 Å². The number of carbonyl (C=O) groups is 1. The molecule has 1 aliphatic rings. The summed E-state index contributed by atoms with van der Waals surface area (Å²) in [6, 6.07) is -0.323. The van der Waals surface area contributed by atoms with Gasteiger partial charge in [-0.1, -0.05) is 13.3 Å². The fraction of sp³-hybridized carbons (Fsp3) is 0.692. The average molecular weight is 267 g/mol. The largest absolute Gasteiger partial charge is 0.345 e. The van der Waals surface area contributed by atoms with E-state index in [1.807, 2.05) is 19.2 Å². The Morgan fingerprint density at radius 3 is 2.89 bits per heavy atom. The van der Waals surface area contributed by atoms with Gasteiger partial charge in [0.25, 0.3) is 0 Å². The second-order valence-corrected chi connectivity index (χ2v) is 5.94. The Balaban J connectivity index is 2.01. The summed E-state index contributed by atoms with van der Waals surface area (Å²) >= 11 is 1.63. The first-order valence-corrected chi connectivity index (χ1v) is 7.47. The van der Waals surface area contributed by atoms with E-state index in [4.69, 9.17) is 5.73 Å². The van der Waals surface area contributed by atoms with Gasteiger partial charge < -0.3 is 11.1 Å². The molecule has 2 atom stereocenters. The molecular weight excluding hydrogens is 246 g/mol. The van der Waals surface area contributed by atoms with E-state index >= 15 is 0 Å². The number of nitrogens with one attached hydrogen (secondary N) is 1. The third kappa shape index (κ3) is 3.29. The minimum Gasteiger partial charge on any atom is -0.345 e. The van der Waals surface area contributed by atoms with Crippen molar-refractivity contribution in [1.82, 2.24) is 10.3 Å². The van der Waals surface area contributed by atoms with Crippen molar-refractivity contribution in [1.29, 1.82) is 0 Å². The zero-order valence-electron chi connectivity index (χ0n) is 11.0. The number of amides is 1. The highest BCUT2D eigenvalue weighted by atomic mass is 32.1. The van der Waals surface area contributed by atoms with Crippen molar-refractivity contribution in [2.75, 3.05) is 0 Å². The van der Waals surface area contributed by atoms with E-state index in [0.29, 0.717) is 5.92 Å². The van der Waals surface area contributed by atoms with Gasteiger partial charge in [-0.15, -0.1) is 11.3 Å². The van der Waals surface area contributed by atoms with Crippen LogP contribution < -0.4 is 11.1 Å². The second kappa shape index (κ2) is 5.80. The maximum Gasteiger partial charge on any atom is 0.237 e. The molecule has 1 aromatic heterocycles.